The van der Waals surface area contributed by atoms with E-state index in [1.54, 1.807) is 0 Å². The smallest absolute Gasteiger partial charge is 0.306 e. The Bertz CT molecular complexity index is 732. The highest BCUT2D eigenvalue weighted by atomic mass is 16.5. The topological polar surface area (TPSA) is 43.4 Å². The number of hydrogen-bond donors (Lipinski definition) is 0. The van der Waals surface area contributed by atoms with E-state index in [2.05, 4.69) is 13.8 Å². The molecule has 6 atom stereocenters. The summed E-state index contributed by atoms with van der Waals surface area (Å²) in [7, 11) is 0. The second-order valence-electron chi connectivity index (χ2n) is 11.8. The third-order valence-corrected chi connectivity index (χ3v) is 10.4. The number of carbonyl (C=O) groups is 2. The van der Waals surface area contributed by atoms with Crippen molar-refractivity contribution in [3.05, 3.63) is 11.6 Å². The highest BCUT2D eigenvalue weighted by Gasteiger charge is 2.59. The number of ether oxygens (including phenoxy) is 1. The molecule has 3 heteroatoms. The average molecular weight is 413 g/mol. The van der Waals surface area contributed by atoms with Gasteiger partial charge >= 0.3 is 5.97 Å². The zero-order valence-electron chi connectivity index (χ0n) is 19.1. The summed E-state index contributed by atoms with van der Waals surface area (Å²) in [4.78, 5) is 24.7. The molecule has 0 bridgehead atoms. The molecule has 0 aliphatic heterocycles. The minimum Gasteiger partial charge on any atom is -0.462 e. The van der Waals surface area contributed by atoms with Gasteiger partial charge < -0.3 is 4.74 Å². The van der Waals surface area contributed by atoms with Gasteiger partial charge in [-0.25, -0.2) is 0 Å². The van der Waals surface area contributed by atoms with Crippen molar-refractivity contribution in [1.29, 1.82) is 0 Å². The number of allylic oxidation sites excluding steroid dienone is 1. The molecular weight excluding hydrogens is 372 g/mol. The Morgan fingerprint density at radius 3 is 2.60 bits per heavy atom. The molecule has 0 saturated heterocycles. The van der Waals surface area contributed by atoms with Gasteiger partial charge in [-0.3, -0.25) is 9.59 Å². The van der Waals surface area contributed by atoms with Gasteiger partial charge in [-0.05, 0) is 86.5 Å². The summed E-state index contributed by atoms with van der Waals surface area (Å²) in [5.41, 5.74) is 1.83. The van der Waals surface area contributed by atoms with Gasteiger partial charge in [0.2, 0.25) is 0 Å². The molecule has 0 aromatic carbocycles. The molecule has 0 amide bonds. The third-order valence-electron chi connectivity index (χ3n) is 10.4. The summed E-state index contributed by atoms with van der Waals surface area (Å²) in [5.74, 6) is 3.28. The molecular formula is C27H40O3. The van der Waals surface area contributed by atoms with Crippen LogP contribution in [0, 0.1) is 34.5 Å². The highest BCUT2D eigenvalue weighted by molar-refractivity contribution is 5.91. The SMILES string of the molecule is C[C@]12CC[C@H]3[C@@H](CCC4=CC(=O)CC[C@]43C)[C@@H]1CC[C@@H]2OC(=O)CCC1CCCC1. The van der Waals surface area contributed by atoms with Crippen molar-refractivity contribution in [3.8, 4) is 0 Å². The van der Waals surface area contributed by atoms with Gasteiger partial charge in [0.15, 0.2) is 5.78 Å². The van der Waals surface area contributed by atoms with E-state index >= 15 is 0 Å². The van der Waals surface area contributed by atoms with Crippen molar-refractivity contribution in [1.82, 2.24) is 0 Å². The Kier molecular flexibility index (Phi) is 5.39. The number of ketones is 1. The fourth-order valence-corrected chi connectivity index (χ4v) is 8.54. The Morgan fingerprint density at radius 1 is 1.00 bits per heavy atom. The lowest BCUT2D eigenvalue weighted by Gasteiger charge is -2.57. The third kappa shape index (κ3) is 3.39. The van der Waals surface area contributed by atoms with Crippen LogP contribution >= 0.6 is 0 Å². The number of fused-ring (bicyclic) bond motifs is 5. The molecule has 0 radical (unpaired) electrons. The zero-order valence-corrected chi connectivity index (χ0v) is 19.1. The lowest BCUT2D eigenvalue weighted by molar-refractivity contribution is -0.160. The van der Waals surface area contributed by atoms with Gasteiger partial charge in [0.1, 0.15) is 6.10 Å². The molecule has 5 rings (SSSR count). The monoisotopic (exact) mass is 412 g/mol. The Balaban J connectivity index is 1.25. The van der Waals surface area contributed by atoms with Crippen LogP contribution in [0.25, 0.3) is 0 Å². The van der Waals surface area contributed by atoms with E-state index in [1.165, 1.54) is 56.9 Å². The predicted molar refractivity (Wildman–Crippen MR) is 118 cm³/mol. The molecule has 0 aromatic rings. The van der Waals surface area contributed by atoms with Gasteiger partial charge in [-0.2, -0.15) is 0 Å². The Hall–Kier alpha value is -1.12. The maximum absolute atomic E-state index is 12.7. The maximum Gasteiger partial charge on any atom is 0.306 e. The first-order valence-corrected chi connectivity index (χ1v) is 12.8. The van der Waals surface area contributed by atoms with Crippen LogP contribution in [0.4, 0.5) is 0 Å². The maximum atomic E-state index is 12.7. The molecule has 0 spiro atoms. The van der Waals surface area contributed by atoms with Gasteiger partial charge in [0.05, 0.1) is 0 Å². The van der Waals surface area contributed by atoms with E-state index < -0.39 is 0 Å². The number of esters is 1. The zero-order chi connectivity index (χ0) is 20.9. The second kappa shape index (κ2) is 7.78. The first-order chi connectivity index (χ1) is 14.4. The van der Waals surface area contributed by atoms with Crippen LogP contribution in [0.5, 0.6) is 0 Å². The highest BCUT2D eigenvalue weighted by Crippen LogP contribution is 2.65. The molecule has 5 aliphatic rings. The first kappa shape index (κ1) is 20.8. The summed E-state index contributed by atoms with van der Waals surface area (Å²) in [5, 5.41) is 0. The summed E-state index contributed by atoms with van der Waals surface area (Å²) < 4.78 is 6.17. The number of rotatable bonds is 4. The van der Waals surface area contributed by atoms with Gasteiger partial charge in [0, 0.05) is 18.3 Å². The van der Waals surface area contributed by atoms with E-state index in [1.807, 2.05) is 6.08 Å². The van der Waals surface area contributed by atoms with Gasteiger partial charge in [0.25, 0.3) is 0 Å². The lowest BCUT2D eigenvalue weighted by atomic mass is 9.47. The van der Waals surface area contributed by atoms with Crippen LogP contribution in [0.3, 0.4) is 0 Å². The van der Waals surface area contributed by atoms with Crippen molar-refractivity contribution in [2.75, 3.05) is 0 Å². The summed E-state index contributed by atoms with van der Waals surface area (Å²) in [6, 6.07) is 0. The molecule has 0 unspecified atom stereocenters. The van der Waals surface area contributed by atoms with Crippen LogP contribution in [0.1, 0.15) is 104 Å². The van der Waals surface area contributed by atoms with Crippen LogP contribution in [-0.4, -0.2) is 17.9 Å². The van der Waals surface area contributed by atoms with E-state index in [9.17, 15) is 9.59 Å². The molecule has 0 heterocycles. The van der Waals surface area contributed by atoms with Crippen molar-refractivity contribution >= 4 is 11.8 Å². The first-order valence-electron chi connectivity index (χ1n) is 12.8. The van der Waals surface area contributed by atoms with E-state index in [0.717, 1.165) is 43.9 Å². The van der Waals surface area contributed by atoms with E-state index in [4.69, 9.17) is 4.74 Å². The van der Waals surface area contributed by atoms with Crippen LogP contribution in [0.2, 0.25) is 0 Å². The second-order valence-corrected chi connectivity index (χ2v) is 11.8. The minimum absolute atomic E-state index is 0.0579. The summed E-state index contributed by atoms with van der Waals surface area (Å²) in [6.07, 6.45) is 17.8. The number of carbonyl (C=O) groups excluding carboxylic acids is 2. The normalized spacial score (nSPS) is 43.5. The van der Waals surface area contributed by atoms with E-state index in [0.29, 0.717) is 24.0 Å². The molecule has 4 fully saturated rings. The van der Waals surface area contributed by atoms with Crippen LogP contribution in [0.15, 0.2) is 11.6 Å². The quantitative estimate of drug-likeness (QED) is 0.502. The number of hydrogen-bond acceptors (Lipinski definition) is 3. The van der Waals surface area contributed by atoms with Gasteiger partial charge in [-0.1, -0.05) is 45.1 Å². The fourth-order valence-electron chi connectivity index (χ4n) is 8.54. The predicted octanol–water partition coefficient (Wildman–Crippen LogP) is 6.40. The van der Waals surface area contributed by atoms with Crippen LogP contribution in [-0.2, 0) is 14.3 Å². The lowest BCUT2D eigenvalue weighted by Crippen LogP contribution is -2.51. The van der Waals surface area contributed by atoms with E-state index in [-0.39, 0.29) is 22.9 Å². The van der Waals surface area contributed by atoms with Crippen molar-refractivity contribution in [3.63, 3.8) is 0 Å². The van der Waals surface area contributed by atoms with Crippen LogP contribution < -0.4 is 0 Å². The Labute approximate surface area is 182 Å². The largest absolute Gasteiger partial charge is 0.462 e. The molecule has 4 saturated carbocycles. The molecule has 0 N–H and O–H groups in total. The Morgan fingerprint density at radius 2 is 1.80 bits per heavy atom. The van der Waals surface area contributed by atoms with Crippen molar-refractivity contribution in [2.24, 2.45) is 34.5 Å². The molecule has 5 aliphatic carbocycles. The standard InChI is InChI=1S/C27H40O3/c1-26-15-13-20(28)17-19(26)8-9-21-22-10-11-24(27(22,2)16-14-23(21)26)30-25(29)12-7-18-5-3-4-6-18/h17-18,21-24H,3-16H2,1-2H3/t21-,22-,23-,24-,26+,27-/m0/s1. The summed E-state index contributed by atoms with van der Waals surface area (Å²) in [6.45, 7) is 4.87. The average Bonchev–Trinajstić information content (AvgIpc) is 3.35. The minimum atomic E-state index is 0.0579. The van der Waals surface area contributed by atoms with Crippen molar-refractivity contribution in [2.45, 2.75) is 110 Å². The fraction of sp³-hybridized carbons (Fsp3) is 0.852. The molecule has 3 nitrogen and oxygen atoms in total. The van der Waals surface area contributed by atoms with Gasteiger partial charge in [-0.15, -0.1) is 0 Å². The van der Waals surface area contributed by atoms with Crippen molar-refractivity contribution < 1.29 is 14.3 Å². The molecule has 30 heavy (non-hydrogen) atoms. The molecule has 166 valence electrons. The summed E-state index contributed by atoms with van der Waals surface area (Å²) >= 11 is 0. The molecule has 0 aromatic heterocycles.